The van der Waals surface area contributed by atoms with Gasteiger partial charge in [0.25, 0.3) is 5.91 Å². The van der Waals surface area contributed by atoms with Gasteiger partial charge in [0.15, 0.2) is 0 Å². The molecule has 6 nitrogen and oxygen atoms in total. The van der Waals surface area contributed by atoms with Gasteiger partial charge in [-0.15, -0.1) is 12.4 Å². The molecule has 0 spiro atoms. The average Bonchev–Trinajstić information content (AvgIpc) is 2.96. The maximum Gasteiger partial charge on any atom is 0.257 e. The van der Waals surface area contributed by atoms with Crippen LogP contribution in [0.5, 0.6) is 0 Å². The second-order valence-corrected chi connectivity index (χ2v) is 5.74. The summed E-state index contributed by atoms with van der Waals surface area (Å²) in [5, 5.41) is 2.76. The first-order chi connectivity index (χ1) is 11.5. The van der Waals surface area contributed by atoms with E-state index in [1.165, 1.54) is 0 Å². The molecular formula is C18H20ClN5O. The predicted octanol–water partition coefficient (Wildman–Crippen LogP) is 3.35. The van der Waals surface area contributed by atoms with E-state index in [1.807, 2.05) is 38.1 Å². The fourth-order valence-electron chi connectivity index (χ4n) is 2.34. The number of aliphatic imine (C=N–C) groups is 1. The number of nitrogens with two attached hydrogens (primary N) is 1. The van der Waals surface area contributed by atoms with Crippen LogP contribution in [0.2, 0.25) is 0 Å². The molecule has 0 saturated carbocycles. The molecule has 25 heavy (non-hydrogen) atoms. The fraction of sp³-hybridized carbons (Fsp3) is 0.167. The fourth-order valence-corrected chi connectivity index (χ4v) is 2.34. The summed E-state index contributed by atoms with van der Waals surface area (Å²) in [5.41, 5.74) is 8.93. The number of aromatic nitrogens is 2. The number of amides is 1. The molecule has 130 valence electrons. The van der Waals surface area contributed by atoms with Gasteiger partial charge in [0, 0.05) is 17.2 Å². The predicted molar refractivity (Wildman–Crippen MR) is 104 cm³/mol. The Morgan fingerprint density at radius 1 is 1.12 bits per heavy atom. The Labute approximate surface area is 152 Å². The number of carbonyl (C=O) groups excluding carboxylic acids is 1. The Kier molecular flexibility index (Phi) is 5.77. The summed E-state index contributed by atoms with van der Waals surface area (Å²) in [6.07, 6.45) is 0. The molecular weight excluding hydrogens is 338 g/mol. The number of fused-ring (bicyclic) bond motifs is 1. The lowest BCUT2D eigenvalue weighted by atomic mass is 10.1. The van der Waals surface area contributed by atoms with Crippen molar-refractivity contribution in [2.24, 2.45) is 10.7 Å². The highest BCUT2D eigenvalue weighted by Gasteiger charge is 2.10. The molecule has 0 aliphatic carbocycles. The highest BCUT2D eigenvalue weighted by atomic mass is 35.5. The molecule has 0 fully saturated rings. The number of imidazole rings is 1. The van der Waals surface area contributed by atoms with Gasteiger partial charge in [-0.2, -0.15) is 0 Å². The Balaban J connectivity index is 0.00000225. The number of amidine groups is 1. The third-order valence-electron chi connectivity index (χ3n) is 3.46. The van der Waals surface area contributed by atoms with Gasteiger partial charge >= 0.3 is 0 Å². The molecule has 0 bridgehead atoms. The molecule has 0 radical (unpaired) electrons. The molecule has 3 rings (SSSR count). The number of halogens is 1. The highest BCUT2D eigenvalue weighted by molar-refractivity contribution is 6.05. The molecule has 7 heteroatoms. The second kappa shape index (κ2) is 7.81. The summed E-state index contributed by atoms with van der Waals surface area (Å²) in [4.78, 5) is 24.0. The molecule has 0 aliphatic rings. The van der Waals surface area contributed by atoms with Crippen LogP contribution in [0.3, 0.4) is 0 Å². The van der Waals surface area contributed by atoms with Crippen molar-refractivity contribution in [1.82, 2.24) is 9.97 Å². The minimum absolute atomic E-state index is 0. The smallest absolute Gasteiger partial charge is 0.257 e. The van der Waals surface area contributed by atoms with E-state index < -0.39 is 0 Å². The van der Waals surface area contributed by atoms with Crippen LogP contribution in [0.15, 0.2) is 53.5 Å². The topological polar surface area (TPSA) is 96.2 Å². The molecule has 0 saturated heterocycles. The number of H-pyrrole nitrogens is 1. The minimum Gasteiger partial charge on any atom is -0.383 e. The van der Waals surface area contributed by atoms with Gasteiger partial charge in [-0.1, -0.05) is 24.3 Å². The maximum atomic E-state index is 12.3. The molecule has 1 aromatic heterocycles. The summed E-state index contributed by atoms with van der Waals surface area (Å²) in [6.45, 7) is 3.92. The number of nitrogens with one attached hydrogen (secondary N) is 2. The number of nitrogens with zero attached hydrogens (tertiary/aromatic N) is 2. The quantitative estimate of drug-likeness (QED) is 0.493. The molecule has 1 amide bonds. The van der Waals surface area contributed by atoms with E-state index >= 15 is 0 Å². The van der Waals surface area contributed by atoms with Crippen LogP contribution in [-0.4, -0.2) is 27.8 Å². The van der Waals surface area contributed by atoms with Gasteiger partial charge in [-0.05, 0) is 38.1 Å². The SMILES string of the molecule is CC(C)N=C(N)c1ccc(C(=O)Nc2nc3ccccc3[nH]2)cc1.Cl. The standard InChI is InChI=1S/C18H19N5O.ClH/c1-11(2)20-16(19)12-7-9-13(10-8-12)17(24)23-18-21-14-5-3-4-6-15(14)22-18;/h3-11H,1-2H3,(H2,19,20)(H2,21,22,23,24);1H. The minimum atomic E-state index is -0.236. The molecule has 2 aromatic carbocycles. The first-order valence-electron chi connectivity index (χ1n) is 7.73. The Hall–Kier alpha value is -2.86. The van der Waals surface area contributed by atoms with Crippen molar-refractivity contribution in [1.29, 1.82) is 0 Å². The monoisotopic (exact) mass is 357 g/mol. The van der Waals surface area contributed by atoms with Crippen LogP contribution in [-0.2, 0) is 0 Å². The molecule has 0 atom stereocenters. The number of benzene rings is 2. The average molecular weight is 358 g/mol. The van der Waals surface area contributed by atoms with Crippen LogP contribution in [0.4, 0.5) is 5.95 Å². The second-order valence-electron chi connectivity index (χ2n) is 5.74. The number of rotatable bonds is 4. The zero-order chi connectivity index (χ0) is 17.1. The Morgan fingerprint density at radius 2 is 1.76 bits per heavy atom. The van der Waals surface area contributed by atoms with Crippen LogP contribution in [0.25, 0.3) is 11.0 Å². The summed E-state index contributed by atoms with van der Waals surface area (Å²) in [7, 11) is 0. The number of aromatic amines is 1. The van der Waals surface area contributed by atoms with E-state index in [4.69, 9.17) is 5.73 Å². The van der Waals surface area contributed by atoms with Gasteiger partial charge in [0.1, 0.15) is 5.84 Å². The van der Waals surface area contributed by atoms with Crippen molar-refractivity contribution in [2.75, 3.05) is 5.32 Å². The lowest BCUT2D eigenvalue weighted by Crippen LogP contribution is -2.17. The lowest BCUT2D eigenvalue weighted by Gasteiger charge is -2.05. The molecule has 3 aromatic rings. The Bertz CT molecular complexity index is 866. The van der Waals surface area contributed by atoms with Gasteiger partial charge < -0.3 is 10.7 Å². The number of hydrogen-bond donors (Lipinski definition) is 3. The van der Waals surface area contributed by atoms with Crippen molar-refractivity contribution >= 4 is 41.1 Å². The van der Waals surface area contributed by atoms with Crippen LogP contribution >= 0.6 is 12.4 Å². The lowest BCUT2D eigenvalue weighted by molar-refractivity contribution is 0.102. The molecule has 0 unspecified atom stereocenters. The van der Waals surface area contributed by atoms with Gasteiger partial charge in [-0.3, -0.25) is 15.1 Å². The van der Waals surface area contributed by atoms with Crippen LogP contribution < -0.4 is 11.1 Å². The molecule has 1 heterocycles. The number of anilines is 1. The van der Waals surface area contributed by atoms with E-state index in [2.05, 4.69) is 20.3 Å². The van der Waals surface area contributed by atoms with E-state index in [0.29, 0.717) is 17.3 Å². The maximum absolute atomic E-state index is 12.3. The van der Waals surface area contributed by atoms with E-state index in [1.54, 1.807) is 24.3 Å². The van der Waals surface area contributed by atoms with Crippen molar-refractivity contribution in [3.63, 3.8) is 0 Å². The van der Waals surface area contributed by atoms with Gasteiger partial charge in [-0.25, -0.2) is 4.98 Å². The third-order valence-corrected chi connectivity index (χ3v) is 3.46. The molecule has 4 N–H and O–H groups in total. The van der Waals surface area contributed by atoms with Crippen molar-refractivity contribution in [3.8, 4) is 0 Å². The zero-order valence-corrected chi connectivity index (χ0v) is 14.8. The van der Waals surface area contributed by atoms with Crippen LogP contribution in [0, 0.1) is 0 Å². The summed E-state index contributed by atoms with van der Waals surface area (Å²) < 4.78 is 0. The van der Waals surface area contributed by atoms with E-state index in [0.717, 1.165) is 16.6 Å². The van der Waals surface area contributed by atoms with Crippen molar-refractivity contribution in [2.45, 2.75) is 19.9 Å². The summed E-state index contributed by atoms with van der Waals surface area (Å²) >= 11 is 0. The summed E-state index contributed by atoms with van der Waals surface area (Å²) in [6, 6.07) is 14.7. The first kappa shape index (κ1) is 18.5. The van der Waals surface area contributed by atoms with Gasteiger partial charge in [0.05, 0.1) is 11.0 Å². The normalized spacial score (nSPS) is 11.4. The number of carbonyl (C=O) groups is 1. The highest BCUT2D eigenvalue weighted by Crippen LogP contribution is 2.14. The van der Waals surface area contributed by atoms with Crippen LogP contribution in [0.1, 0.15) is 29.8 Å². The van der Waals surface area contributed by atoms with E-state index in [-0.39, 0.29) is 24.4 Å². The third kappa shape index (κ3) is 4.36. The van der Waals surface area contributed by atoms with Crippen molar-refractivity contribution < 1.29 is 4.79 Å². The van der Waals surface area contributed by atoms with E-state index in [9.17, 15) is 4.79 Å². The largest absolute Gasteiger partial charge is 0.383 e. The zero-order valence-electron chi connectivity index (χ0n) is 14.0. The van der Waals surface area contributed by atoms with Gasteiger partial charge in [0.2, 0.25) is 5.95 Å². The first-order valence-corrected chi connectivity index (χ1v) is 7.73. The summed E-state index contributed by atoms with van der Waals surface area (Å²) in [5.74, 6) is 0.653. The number of para-hydroxylation sites is 2. The molecule has 0 aliphatic heterocycles. The van der Waals surface area contributed by atoms with Crippen molar-refractivity contribution in [3.05, 3.63) is 59.7 Å². The number of hydrogen-bond acceptors (Lipinski definition) is 3. The Morgan fingerprint density at radius 3 is 2.40 bits per heavy atom.